The summed E-state index contributed by atoms with van der Waals surface area (Å²) < 4.78 is 19.5. The summed E-state index contributed by atoms with van der Waals surface area (Å²) >= 11 is 1.17. The molecule has 0 radical (unpaired) electrons. The number of aliphatic hydroxyl groups is 1. The minimum Gasteiger partial charge on any atom is -0.389 e. The average molecular weight is 353 g/mol. The van der Waals surface area contributed by atoms with E-state index in [4.69, 9.17) is 9.47 Å². The Kier molecular flexibility index (Phi) is 7.95. The highest BCUT2D eigenvalue weighted by atomic mass is 35.5. The Morgan fingerprint density at radius 3 is 3.00 bits per heavy atom. The summed E-state index contributed by atoms with van der Waals surface area (Å²) in [7, 11) is 0. The second-order valence-electron chi connectivity index (χ2n) is 6.11. The van der Waals surface area contributed by atoms with Crippen molar-refractivity contribution in [3.8, 4) is 0 Å². The Morgan fingerprint density at radius 2 is 2.36 bits per heavy atom. The first-order valence-electron chi connectivity index (χ1n) is 7.12. The molecule has 1 aromatic heterocycles. The number of morpholine rings is 1. The van der Waals surface area contributed by atoms with Crippen LogP contribution in [-0.2, 0) is 9.47 Å². The summed E-state index contributed by atoms with van der Waals surface area (Å²) in [6, 6.07) is 0. The SMILES string of the molecule is CC(C)(C)NCC(O)COC1COCCN1c1cnsn1.Cl. The number of hydrogen-bond acceptors (Lipinski definition) is 8. The number of nitrogens with one attached hydrogen (secondary N) is 1. The van der Waals surface area contributed by atoms with Gasteiger partial charge in [0, 0.05) is 18.6 Å². The molecule has 22 heavy (non-hydrogen) atoms. The van der Waals surface area contributed by atoms with Crippen LogP contribution in [0.3, 0.4) is 0 Å². The van der Waals surface area contributed by atoms with Gasteiger partial charge in [-0.25, -0.2) is 0 Å². The van der Waals surface area contributed by atoms with E-state index in [1.54, 1.807) is 6.20 Å². The van der Waals surface area contributed by atoms with Gasteiger partial charge in [-0.05, 0) is 20.8 Å². The van der Waals surface area contributed by atoms with Gasteiger partial charge in [-0.3, -0.25) is 0 Å². The van der Waals surface area contributed by atoms with Crippen molar-refractivity contribution in [2.45, 2.75) is 38.6 Å². The molecule has 2 unspecified atom stereocenters. The third kappa shape index (κ3) is 6.31. The number of β-amino-alcohol motifs (C(OH)–C–C–N with tert-alkyl or cyclic N) is 1. The molecule has 7 nitrogen and oxygen atoms in total. The summed E-state index contributed by atoms with van der Waals surface area (Å²) in [6.45, 7) is 8.76. The quantitative estimate of drug-likeness (QED) is 0.787. The van der Waals surface area contributed by atoms with Crippen LogP contribution >= 0.6 is 24.1 Å². The van der Waals surface area contributed by atoms with Crippen LogP contribution in [0.5, 0.6) is 0 Å². The van der Waals surface area contributed by atoms with Crippen molar-refractivity contribution in [1.82, 2.24) is 14.1 Å². The zero-order valence-electron chi connectivity index (χ0n) is 13.2. The van der Waals surface area contributed by atoms with E-state index >= 15 is 0 Å². The summed E-state index contributed by atoms with van der Waals surface area (Å²) in [5.74, 6) is 0.801. The maximum Gasteiger partial charge on any atom is 0.164 e. The summed E-state index contributed by atoms with van der Waals surface area (Å²) in [4.78, 5) is 2.02. The fourth-order valence-corrected chi connectivity index (χ4v) is 2.40. The molecule has 1 aliphatic heterocycles. The van der Waals surface area contributed by atoms with Crippen molar-refractivity contribution in [2.75, 3.05) is 37.8 Å². The minimum atomic E-state index is -0.554. The maximum atomic E-state index is 9.99. The Labute approximate surface area is 141 Å². The third-order valence-electron chi connectivity index (χ3n) is 3.08. The fraction of sp³-hybridized carbons (Fsp3) is 0.846. The molecule has 0 aromatic carbocycles. The summed E-state index contributed by atoms with van der Waals surface area (Å²) in [5.41, 5.74) is -0.0206. The molecule has 9 heteroatoms. The number of hydrogen-bond donors (Lipinski definition) is 2. The van der Waals surface area contributed by atoms with Gasteiger partial charge in [0.1, 0.15) is 0 Å². The lowest BCUT2D eigenvalue weighted by Crippen LogP contribution is -2.49. The number of ether oxygens (including phenoxy) is 2. The van der Waals surface area contributed by atoms with Crippen LogP contribution in [0.4, 0.5) is 5.82 Å². The van der Waals surface area contributed by atoms with Gasteiger partial charge < -0.3 is 24.8 Å². The summed E-state index contributed by atoms with van der Waals surface area (Å²) in [5, 5.41) is 13.2. The molecule has 2 rings (SSSR count). The molecular weight excluding hydrogens is 328 g/mol. The standard InChI is InChI=1S/C13H24N4O3S.ClH/c1-13(2,3)14-6-10(18)8-20-12-9-19-5-4-17(12)11-7-15-21-16-11;/h7,10,12,14,18H,4-6,8-9H2,1-3H3;1H. The largest absolute Gasteiger partial charge is 0.389 e. The zero-order chi connectivity index (χ0) is 15.3. The van der Waals surface area contributed by atoms with Crippen LogP contribution < -0.4 is 10.2 Å². The van der Waals surface area contributed by atoms with Crippen molar-refractivity contribution in [3.63, 3.8) is 0 Å². The fourth-order valence-electron chi connectivity index (χ4n) is 1.97. The van der Waals surface area contributed by atoms with E-state index in [1.807, 2.05) is 4.90 Å². The molecule has 2 N–H and O–H groups in total. The highest BCUT2D eigenvalue weighted by molar-refractivity contribution is 6.99. The monoisotopic (exact) mass is 352 g/mol. The molecule has 1 aromatic rings. The second-order valence-corrected chi connectivity index (χ2v) is 6.66. The predicted molar refractivity (Wildman–Crippen MR) is 88.8 cm³/mol. The van der Waals surface area contributed by atoms with Crippen LogP contribution in [0.1, 0.15) is 20.8 Å². The van der Waals surface area contributed by atoms with Crippen LogP contribution in [-0.4, -0.2) is 64.6 Å². The van der Waals surface area contributed by atoms with Crippen molar-refractivity contribution >= 4 is 30.0 Å². The lowest BCUT2D eigenvalue weighted by molar-refractivity contribution is -0.0667. The van der Waals surface area contributed by atoms with Crippen LogP contribution in [0.15, 0.2) is 6.20 Å². The van der Waals surface area contributed by atoms with E-state index in [1.165, 1.54) is 11.7 Å². The summed E-state index contributed by atoms with van der Waals surface area (Å²) in [6.07, 6.45) is 0.942. The molecule has 1 fully saturated rings. The lowest BCUT2D eigenvalue weighted by atomic mass is 10.1. The van der Waals surface area contributed by atoms with E-state index < -0.39 is 6.10 Å². The first-order chi connectivity index (χ1) is 9.96. The normalized spacial score (nSPS) is 20.5. The Hall–Kier alpha value is -0.510. The molecule has 1 aliphatic rings. The van der Waals surface area contributed by atoms with Crippen LogP contribution in [0.2, 0.25) is 0 Å². The number of anilines is 1. The van der Waals surface area contributed by atoms with Crippen molar-refractivity contribution in [2.24, 2.45) is 0 Å². The van der Waals surface area contributed by atoms with Gasteiger partial charge in [-0.1, -0.05) is 0 Å². The van der Waals surface area contributed by atoms with Crippen molar-refractivity contribution in [1.29, 1.82) is 0 Å². The molecule has 1 saturated heterocycles. The van der Waals surface area contributed by atoms with Gasteiger partial charge in [0.25, 0.3) is 0 Å². The molecule has 2 atom stereocenters. The first kappa shape index (κ1) is 19.5. The lowest BCUT2D eigenvalue weighted by Gasteiger charge is -2.35. The van der Waals surface area contributed by atoms with Gasteiger partial charge >= 0.3 is 0 Å². The topological polar surface area (TPSA) is 79.7 Å². The Balaban J connectivity index is 0.00000242. The Bertz CT molecular complexity index is 416. The number of halogens is 1. The molecular formula is C13H25ClN4O3S. The second kappa shape index (κ2) is 8.95. The first-order valence-corrected chi connectivity index (χ1v) is 7.85. The van der Waals surface area contributed by atoms with E-state index in [2.05, 4.69) is 34.8 Å². The average Bonchev–Trinajstić information content (AvgIpc) is 2.96. The van der Waals surface area contributed by atoms with E-state index in [0.29, 0.717) is 26.3 Å². The number of nitrogens with zero attached hydrogens (tertiary/aromatic N) is 3. The van der Waals surface area contributed by atoms with E-state index in [9.17, 15) is 5.11 Å². The predicted octanol–water partition coefficient (Wildman–Crippen LogP) is 0.888. The van der Waals surface area contributed by atoms with Crippen LogP contribution in [0.25, 0.3) is 0 Å². The van der Waals surface area contributed by atoms with Crippen molar-refractivity contribution < 1.29 is 14.6 Å². The smallest absolute Gasteiger partial charge is 0.164 e. The highest BCUT2D eigenvalue weighted by Gasteiger charge is 2.26. The molecule has 0 amide bonds. The van der Waals surface area contributed by atoms with Crippen LogP contribution in [0, 0.1) is 0 Å². The molecule has 0 aliphatic carbocycles. The maximum absolute atomic E-state index is 9.99. The minimum absolute atomic E-state index is 0. The van der Waals surface area contributed by atoms with Gasteiger partial charge in [0.05, 0.1) is 43.8 Å². The molecule has 0 bridgehead atoms. The van der Waals surface area contributed by atoms with Gasteiger partial charge in [0.2, 0.25) is 0 Å². The molecule has 128 valence electrons. The molecule has 2 heterocycles. The highest BCUT2D eigenvalue weighted by Crippen LogP contribution is 2.18. The van der Waals surface area contributed by atoms with Gasteiger partial charge in [-0.2, -0.15) is 8.75 Å². The van der Waals surface area contributed by atoms with Gasteiger partial charge in [0.15, 0.2) is 12.0 Å². The number of rotatable bonds is 6. The Morgan fingerprint density at radius 1 is 1.59 bits per heavy atom. The van der Waals surface area contributed by atoms with E-state index in [0.717, 1.165) is 5.82 Å². The zero-order valence-corrected chi connectivity index (χ0v) is 14.8. The molecule has 0 spiro atoms. The number of aliphatic hydroxyl groups excluding tert-OH is 1. The van der Waals surface area contributed by atoms with E-state index in [-0.39, 0.29) is 30.8 Å². The van der Waals surface area contributed by atoms with Gasteiger partial charge in [-0.15, -0.1) is 12.4 Å². The molecule has 0 saturated carbocycles. The third-order valence-corrected chi connectivity index (χ3v) is 3.55. The van der Waals surface area contributed by atoms with Crippen molar-refractivity contribution in [3.05, 3.63) is 6.20 Å². The number of aromatic nitrogens is 2.